The zero-order valence-electron chi connectivity index (χ0n) is 9.35. The first-order valence-electron chi connectivity index (χ1n) is 2.89. The van der Waals surface area contributed by atoms with Gasteiger partial charge in [-0.15, -0.1) is 0 Å². The number of carboxylic acids is 1. The average molecular weight is 235 g/mol. The van der Waals surface area contributed by atoms with Crippen LogP contribution in [0.4, 0.5) is 4.79 Å². The molecular weight excluding hydrogens is 224 g/mol. The fourth-order valence-corrected chi connectivity index (χ4v) is 0.245. The molecule has 0 aliphatic rings. The van der Waals surface area contributed by atoms with Crippen LogP contribution in [0.25, 0.3) is 0 Å². The van der Waals surface area contributed by atoms with Crippen LogP contribution in [0.15, 0.2) is 24.3 Å². The number of carbonyl (C=O) groups is 2. The Morgan fingerprint density at radius 3 is 1.53 bits per heavy atom. The molecule has 0 aromatic carbocycles. The Morgan fingerprint density at radius 1 is 1.00 bits per heavy atom. The largest absolute Gasteiger partial charge is 1.00 e. The summed E-state index contributed by atoms with van der Waals surface area (Å²) in [5.74, 6) is -1.16. The number of hydrogen-bond donors (Lipinski definition) is 1. The summed E-state index contributed by atoms with van der Waals surface area (Å²) in [6, 6.07) is 0. The van der Waals surface area contributed by atoms with Gasteiger partial charge in [-0.25, -0.2) is 0 Å². The van der Waals surface area contributed by atoms with Gasteiger partial charge in [-0.2, -0.15) is 0 Å². The molecule has 0 amide bonds. The van der Waals surface area contributed by atoms with Crippen LogP contribution in [0.2, 0.25) is 0 Å². The Hall–Kier alpha value is 0.180. The quantitative estimate of drug-likeness (QED) is 0.287. The number of allylic oxidation sites excluding steroid dienone is 3. The molecule has 0 bridgehead atoms. The van der Waals surface area contributed by atoms with E-state index in [1.165, 1.54) is 6.08 Å². The van der Waals surface area contributed by atoms with Crippen LogP contribution in [0.1, 0.15) is 6.92 Å². The van der Waals surface area contributed by atoms with E-state index >= 15 is 0 Å². The normalized spacial score (nSPS) is 7.53. The van der Waals surface area contributed by atoms with Crippen LogP contribution in [-0.2, 0) is 4.79 Å². The molecule has 0 rings (SSSR count). The van der Waals surface area contributed by atoms with Crippen molar-refractivity contribution in [2.45, 2.75) is 6.92 Å². The second-order valence-electron chi connectivity index (χ2n) is 1.45. The van der Waals surface area contributed by atoms with E-state index in [0.29, 0.717) is 0 Å². The number of quaternary nitrogens is 1. The van der Waals surface area contributed by atoms with Crippen molar-refractivity contribution < 1.29 is 84.0 Å². The maximum absolute atomic E-state index is 9.64. The van der Waals surface area contributed by atoms with Gasteiger partial charge < -0.3 is 31.1 Å². The molecule has 0 aliphatic carbocycles. The van der Waals surface area contributed by atoms with Crippen molar-refractivity contribution in [3.8, 4) is 0 Å². The molecule has 0 saturated carbocycles. The van der Waals surface area contributed by atoms with Crippen molar-refractivity contribution in [2.75, 3.05) is 0 Å². The van der Waals surface area contributed by atoms with E-state index in [1.807, 2.05) is 0 Å². The molecule has 0 saturated heterocycles. The van der Waals surface area contributed by atoms with E-state index in [0.717, 1.165) is 6.08 Å². The van der Waals surface area contributed by atoms with Crippen LogP contribution in [0.3, 0.4) is 0 Å². The van der Waals surface area contributed by atoms with Crippen LogP contribution in [0, 0.1) is 0 Å². The van der Waals surface area contributed by atoms with Crippen molar-refractivity contribution in [1.82, 2.24) is 6.15 Å². The van der Waals surface area contributed by atoms with Gasteiger partial charge in [0.1, 0.15) is 0 Å². The van der Waals surface area contributed by atoms with Crippen LogP contribution >= 0.6 is 0 Å². The van der Waals surface area contributed by atoms with E-state index in [9.17, 15) is 9.90 Å². The summed E-state index contributed by atoms with van der Waals surface area (Å²) >= 11 is 0. The Bertz CT molecular complexity index is 202. The van der Waals surface area contributed by atoms with Crippen molar-refractivity contribution in [1.29, 1.82) is 0 Å². The molecule has 4 N–H and O–H groups in total. The van der Waals surface area contributed by atoms with Gasteiger partial charge in [-0.3, -0.25) is 0 Å². The molecule has 0 unspecified atom stereocenters. The minimum atomic E-state index is -2.33. The SMILES string of the molecule is C/C=C/C=C/C(=O)[O-].O=C([O-])[O-].[NH4+].[Na+].[Na+]. The van der Waals surface area contributed by atoms with Gasteiger partial charge >= 0.3 is 59.1 Å². The third-order valence-electron chi connectivity index (χ3n) is 0.536. The fraction of sp³-hybridized carbons (Fsp3) is 0.143. The molecule has 0 atom stereocenters. The first-order valence-corrected chi connectivity index (χ1v) is 2.89. The monoisotopic (exact) mass is 235 g/mol. The first-order chi connectivity index (χ1) is 5.50. The van der Waals surface area contributed by atoms with Crippen LogP contribution < -0.4 is 80.6 Å². The second-order valence-corrected chi connectivity index (χ2v) is 1.45. The zero-order valence-corrected chi connectivity index (χ0v) is 13.4. The molecule has 8 heteroatoms. The summed E-state index contributed by atoms with van der Waals surface area (Å²) in [4.78, 5) is 18.0. The summed E-state index contributed by atoms with van der Waals surface area (Å²) in [5, 5.41) is 26.3. The van der Waals surface area contributed by atoms with Gasteiger partial charge in [0, 0.05) is 0 Å². The van der Waals surface area contributed by atoms with Gasteiger partial charge in [0.15, 0.2) is 0 Å². The topological polar surface area (TPSA) is 140 Å². The third-order valence-corrected chi connectivity index (χ3v) is 0.536. The summed E-state index contributed by atoms with van der Waals surface area (Å²) < 4.78 is 0. The smallest absolute Gasteiger partial charge is 0.652 e. The third kappa shape index (κ3) is 78.4. The number of carboxylic acid groups (broad SMARTS) is 3. The standard InChI is InChI=1S/C6H8O2.CH2O3.H3N.2Na/c1-2-3-4-5-6(7)8;2-1(3)4;;;/h2-5H,1H3,(H,7,8);(H2,2,3,4);1H3;;/q;;;2*+1/p-2/b3-2+,5-4+;;;;. The van der Waals surface area contributed by atoms with E-state index in [2.05, 4.69) is 0 Å². The number of hydrogen-bond acceptors (Lipinski definition) is 5. The van der Waals surface area contributed by atoms with Gasteiger partial charge in [-0.05, 0) is 19.2 Å². The van der Waals surface area contributed by atoms with E-state index < -0.39 is 12.1 Å². The van der Waals surface area contributed by atoms with E-state index in [1.54, 1.807) is 19.1 Å². The molecule has 0 heterocycles. The zero-order chi connectivity index (χ0) is 9.98. The predicted octanol–water partition coefficient (Wildman–Crippen LogP) is -8.19. The molecule has 0 spiro atoms. The number of aliphatic carboxylic acids is 1. The Kier molecular flexibility index (Phi) is 46.7. The van der Waals surface area contributed by atoms with Crippen molar-refractivity contribution in [3.63, 3.8) is 0 Å². The molecule has 0 aromatic heterocycles. The first kappa shape index (κ1) is 29.5. The van der Waals surface area contributed by atoms with Gasteiger partial charge in [0.25, 0.3) is 0 Å². The summed E-state index contributed by atoms with van der Waals surface area (Å²) in [6.07, 6.45) is 3.41. The van der Waals surface area contributed by atoms with Gasteiger partial charge in [0.05, 0.1) is 5.97 Å². The average Bonchev–Trinajstić information content (AvgIpc) is 1.86. The molecule has 0 aromatic rings. The summed E-state index contributed by atoms with van der Waals surface area (Å²) in [6.45, 7) is 1.81. The fourth-order valence-electron chi connectivity index (χ4n) is 0.245. The molecule has 0 fully saturated rings. The van der Waals surface area contributed by atoms with Crippen molar-refractivity contribution in [2.24, 2.45) is 0 Å². The second kappa shape index (κ2) is 23.8. The molecule has 0 radical (unpaired) electrons. The molecule has 76 valence electrons. The van der Waals surface area contributed by atoms with Gasteiger partial charge in [-0.1, -0.05) is 18.2 Å². The van der Waals surface area contributed by atoms with Crippen molar-refractivity contribution in [3.05, 3.63) is 24.3 Å². The van der Waals surface area contributed by atoms with Crippen LogP contribution in [0.5, 0.6) is 0 Å². The Morgan fingerprint density at radius 2 is 1.33 bits per heavy atom. The Labute approximate surface area is 132 Å². The van der Waals surface area contributed by atoms with E-state index in [-0.39, 0.29) is 65.3 Å². The summed E-state index contributed by atoms with van der Waals surface area (Å²) in [5.41, 5.74) is 0. The summed E-state index contributed by atoms with van der Waals surface area (Å²) in [7, 11) is 0. The Balaban J connectivity index is -0.0000000424. The minimum absolute atomic E-state index is 0. The molecule has 0 aliphatic heterocycles. The van der Waals surface area contributed by atoms with Crippen LogP contribution in [-0.4, -0.2) is 12.1 Å². The number of carbonyl (C=O) groups excluding carboxylic acids is 2. The van der Waals surface area contributed by atoms with E-state index in [4.69, 9.17) is 15.0 Å². The van der Waals surface area contributed by atoms with Gasteiger partial charge in [0.2, 0.25) is 0 Å². The maximum Gasteiger partial charge on any atom is 1.00 e. The van der Waals surface area contributed by atoms with Crippen molar-refractivity contribution >= 4 is 12.1 Å². The molecule has 6 nitrogen and oxygen atoms in total. The molecule has 15 heavy (non-hydrogen) atoms. The maximum atomic E-state index is 9.64. The molecular formula is C7H11NNa2O5. The minimum Gasteiger partial charge on any atom is -0.652 e. The predicted molar refractivity (Wildman–Crippen MR) is 40.3 cm³/mol. The number of rotatable bonds is 2.